The van der Waals surface area contributed by atoms with E-state index in [1.807, 2.05) is 48.9 Å². The number of carbonyl (C=O) groups excluding carboxylic acids is 1. The minimum atomic E-state index is -0.910. The summed E-state index contributed by atoms with van der Waals surface area (Å²) in [6.45, 7) is 7.90. The number of rotatable bonds is 5. The molecule has 1 aliphatic heterocycles. The van der Waals surface area contributed by atoms with E-state index in [9.17, 15) is 4.79 Å². The summed E-state index contributed by atoms with van der Waals surface area (Å²) in [4.78, 5) is 17.9. The first-order chi connectivity index (χ1) is 16.6. The zero-order valence-electron chi connectivity index (χ0n) is 20.0. The highest BCUT2D eigenvalue weighted by molar-refractivity contribution is 6.30. The third-order valence-electron chi connectivity index (χ3n) is 6.29. The van der Waals surface area contributed by atoms with Gasteiger partial charge in [0.15, 0.2) is 0 Å². The van der Waals surface area contributed by atoms with E-state index < -0.39 is 5.54 Å². The average Bonchev–Trinajstić information content (AvgIpc) is 3.48. The second-order valence-corrected chi connectivity index (χ2v) is 10.4. The topological polar surface area (TPSA) is 97.9 Å². The molecule has 4 aromatic rings. The monoisotopic (exact) mass is 490 g/mol. The Morgan fingerprint density at radius 2 is 1.89 bits per heavy atom. The number of benzene rings is 2. The van der Waals surface area contributed by atoms with E-state index in [4.69, 9.17) is 16.1 Å². The second kappa shape index (κ2) is 8.53. The molecule has 3 heterocycles. The fourth-order valence-electron chi connectivity index (χ4n) is 4.40. The molecule has 1 unspecified atom stereocenters. The quantitative estimate of drug-likeness (QED) is 0.381. The first-order valence-electron chi connectivity index (χ1n) is 11.5. The molecule has 35 heavy (non-hydrogen) atoms. The molecule has 0 radical (unpaired) electrons. The highest BCUT2D eigenvalue weighted by Gasteiger charge is 2.38. The van der Waals surface area contributed by atoms with E-state index in [0.29, 0.717) is 28.1 Å². The van der Waals surface area contributed by atoms with E-state index in [1.54, 1.807) is 18.3 Å². The second-order valence-electron chi connectivity index (χ2n) is 9.95. The Morgan fingerprint density at radius 3 is 2.60 bits per heavy atom. The van der Waals surface area contributed by atoms with Gasteiger partial charge in [-0.1, -0.05) is 47.1 Å². The van der Waals surface area contributed by atoms with E-state index in [2.05, 4.69) is 51.9 Å². The predicted octanol–water partition coefficient (Wildman–Crippen LogP) is 5.54. The van der Waals surface area contributed by atoms with Gasteiger partial charge in [0.2, 0.25) is 5.82 Å². The summed E-state index contributed by atoms with van der Waals surface area (Å²) < 4.78 is 7.40. The molecule has 1 atom stereocenters. The Labute approximate surface area is 208 Å². The van der Waals surface area contributed by atoms with Crippen LogP contribution in [0.25, 0.3) is 11.4 Å². The molecule has 1 amide bonds. The van der Waals surface area contributed by atoms with Gasteiger partial charge in [0.1, 0.15) is 16.9 Å². The van der Waals surface area contributed by atoms with E-state index in [1.165, 1.54) is 5.56 Å². The Morgan fingerprint density at radius 1 is 1.17 bits per heavy atom. The van der Waals surface area contributed by atoms with Gasteiger partial charge in [0.05, 0.1) is 17.8 Å². The van der Waals surface area contributed by atoms with Gasteiger partial charge in [-0.15, -0.1) is 0 Å². The van der Waals surface area contributed by atoms with Crippen molar-refractivity contribution in [2.24, 2.45) is 0 Å². The van der Waals surface area contributed by atoms with Gasteiger partial charge in [-0.25, -0.2) is 4.68 Å². The largest absolute Gasteiger partial charge is 0.363 e. The third kappa shape index (κ3) is 4.41. The fourth-order valence-corrected chi connectivity index (χ4v) is 4.53. The van der Waals surface area contributed by atoms with Crippen LogP contribution in [0.1, 0.15) is 62.0 Å². The number of amides is 1. The lowest BCUT2D eigenvalue weighted by Crippen LogP contribution is -2.42. The van der Waals surface area contributed by atoms with Crippen LogP contribution < -0.4 is 10.6 Å². The molecule has 2 N–H and O–H groups in total. The number of nitrogens with zero attached hydrogens (tertiary/aromatic N) is 4. The molecule has 8 nitrogen and oxygen atoms in total. The van der Waals surface area contributed by atoms with Crippen LogP contribution in [0, 0.1) is 0 Å². The highest BCUT2D eigenvalue weighted by atomic mass is 35.5. The molecule has 9 heteroatoms. The molecule has 0 spiro atoms. The molecule has 2 aromatic heterocycles. The minimum Gasteiger partial charge on any atom is -0.363 e. The smallest absolute Gasteiger partial charge is 0.257 e. The van der Waals surface area contributed by atoms with Crippen molar-refractivity contribution in [1.82, 2.24) is 25.2 Å². The molecule has 0 aliphatic carbocycles. The van der Waals surface area contributed by atoms with E-state index >= 15 is 0 Å². The van der Waals surface area contributed by atoms with Crippen LogP contribution in [0.5, 0.6) is 0 Å². The van der Waals surface area contributed by atoms with Crippen molar-refractivity contribution in [3.8, 4) is 11.4 Å². The molecule has 0 fully saturated rings. The van der Waals surface area contributed by atoms with Crippen LogP contribution in [0.2, 0.25) is 5.02 Å². The standard InChI is InChI=1S/C26H27ClN6O2/c1-25(2)14-20(16-8-6-5-7-9-16)29-22-19(15-28-33(22)25)23(34)31-26(3,4)24-30-21(32-35-24)17-10-12-18(27)13-11-17/h5-13,15,20,29H,14H2,1-4H3,(H,31,34). The first kappa shape index (κ1) is 23.1. The van der Waals surface area contributed by atoms with Gasteiger partial charge in [0.25, 0.3) is 11.8 Å². The minimum absolute atomic E-state index is 0.0628. The summed E-state index contributed by atoms with van der Waals surface area (Å²) in [5, 5.41) is 15.8. The predicted molar refractivity (Wildman–Crippen MR) is 134 cm³/mol. The number of fused-ring (bicyclic) bond motifs is 1. The summed E-state index contributed by atoms with van der Waals surface area (Å²) in [5.74, 6) is 1.14. The van der Waals surface area contributed by atoms with Crippen molar-refractivity contribution in [3.05, 3.63) is 82.8 Å². The summed E-state index contributed by atoms with van der Waals surface area (Å²) in [6, 6.07) is 17.5. The van der Waals surface area contributed by atoms with Gasteiger partial charge < -0.3 is 15.2 Å². The lowest BCUT2D eigenvalue weighted by Gasteiger charge is -2.38. The molecular formula is C26H27ClN6O2. The van der Waals surface area contributed by atoms with Crippen molar-refractivity contribution in [2.45, 2.75) is 51.2 Å². The maximum absolute atomic E-state index is 13.4. The normalized spacial score (nSPS) is 16.9. The summed E-state index contributed by atoms with van der Waals surface area (Å²) in [7, 11) is 0. The Hall–Kier alpha value is -3.65. The van der Waals surface area contributed by atoms with Gasteiger partial charge >= 0.3 is 0 Å². The number of carbonyl (C=O) groups is 1. The molecular weight excluding hydrogens is 464 g/mol. The van der Waals surface area contributed by atoms with Crippen LogP contribution in [0.3, 0.4) is 0 Å². The van der Waals surface area contributed by atoms with Crippen molar-refractivity contribution in [2.75, 3.05) is 5.32 Å². The van der Waals surface area contributed by atoms with Crippen molar-refractivity contribution >= 4 is 23.3 Å². The van der Waals surface area contributed by atoms with Crippen LogP contribution in [0.15, 0.2) is 65.3 Å². The molecule has 0 saturated heterocycles. The molecule has 1 aliphatic rings. The fraction of sp³-hybridized carbons (Fsp3) is 0.308. The lowest BCUT2D eigenvalue weighted by molar-refractivity contribution is 0.0895. The van der Waals surface area contributed by atoms with Crippen molar-refractivity contribution < 1.29 is 9.32 Å². The maximum atomic E-state index is 13.4. The Balaban J connectivity index is 1.39. The van der Waals surface area contributed by atoms with Crippen molar-refractivity contribution in [1.29, 1.82) is 0 Å². The number of hydrogen-bond acceptors (Lipinski definition) is 6. The number of nitrogens with one attached hydrogen (secondary N) is 2. The number of halogens is 1. The lowest BCUT2D eigenvalue weighted by atomic mass is 9.89. The number of hydrogen-bond donors (Lipinski definition) is 2. The van der Waals surface area contributed by atoms with Gasteiger partial charge in [-0.3, -0.25) is 4.79 Å². The summed E-state index contributed by atoms with van der Waals surface area (Å²) in [5.41, 5.74) is 1.22. The van der Waals surface area contributed by atoms with Gasteiger partial charge in [0, 0.05) is 10.6 Å². The van der Waals surface area contributed by atoms with Gasteiger partial charge in [-0.2, -0.15) is 10.1 Å². The Bertz CT molecular complexity index is 1360. The van der Waals surface area contributed by atoms with E-state index in [-0.39, 0.29) is 17.5 Å². The van der Waals surface area contributed by atoms with Crippen LogP contribution >= 0.6 is 11.6 Å². The molecule has 2 aromatic carbocycles. The van der Waals surface area contributed by atoms with E-state index in [0.717, 1.165) is 12.0 Å². The average molecular weight is 491 g/mol. The Kier molecular flexibility index (Phi) is 5.63. The summed E-state index contributed by atoms with van der Waals surface area (Å²) >= 11 is 5.97. The zero-order valence-corrected chi connectivity index (χ0v) is 20.8. The first-order valence-corrected chi connectivity index (χ1v) is 11.8. The molecule has 0 bridgehead atoms. The third-order valence-corrected chi connectivity index (χ3v) is 6.54. The van der Waals surface area contributed by atoms with Crippen LogP contribution in [-0.2, 0) is 11.1 Å². The SMILES string of the molecule is CC(C)(NC(=O)c1cnn2c1NC(c1ccccc1)CC2(C)C)c1nc(-c2ccc(Cl)cc2)no1. The maximum Gasteiger partial charge on any atom is 0.257 e. The van der Waals surface area contributed by atoms with Crippen LogP contribution in [-0.4, -0.2) is 25.8 Å². The molecule has 180 valence electrons. The molecule has 0 saturated carbocycles. The highest BCUT2D eigenvalue weighted by Crippen LogP contribution is 2.40. The number of anilines is 1. The van der Waals surface area contributed by atoms with Crippen LogP contribution in [0.4, 0.5) is 5.82 Å². The number of aromatic nitrogens is 4. The zero-order chi connectivity index (χ0) is 24.8. The van der Waals surface area contributed by atoms with Crippen molar-refractivity contribution in [3.63, 3.8) is 0 Å². The summed E-state index contributed by atoms with van der Waals surface area (Å²) in [6.07, 6.45) is 2.45. The molecule has 5 rings (SSSR count). The van der Waals surface area contributed by atoms with Gasteiger partial charge in [-0.05, 0) is 63.9 Å².